The fraction of sp³-hybridized carbons (Fsp3) is 0. The molecular formula is C9H18N12OP4. The van der Waals surface area contributed by atoms with Crippen molar-refractivity contribution in [2.24, 2.45) is 56.4 Å². The van der Waals surface area contributed by atoms with Crippen molar-refractivity contribution in [1.82, 2.24) is 0 Å². The number of hydrogen-bond acceptors (Lipinski definition) is 1. The van der Waals surface area contributed by atoms with E-state index in [2.05, 4.69) is 117 Å². The fourth-order valence-corrected chi connectivity index (χ4v) is 9.17. The lowest BCUT2D eigenvalue weighted by atomic mass is 11.8. The molecule has 0 amide bonds. The first-order chi connectivity index (χ1) is 12.2. The molecule has 0 aromatic rings. The van der Waals surface area contributed by atoms with Crippen LogP contribution < -0.4 is 0 Å². The minimum atomic E-state index is -4.41. The van der Waals surface area contributed by atoms with Crippen LogP contribution in [0.5, 0.6) is 0 Å². The molecule has 0 unspecified atom stereocenters. The van der Waals surface area contributed by atoms with Crippen LogP contribution in [0.15, 0.2) is 56.4 Å². The first-order valence-corrected chi connectivity index (χ1v) is 12.4. The van der Waals surface area contributed by atoms with Crippen LogP contribution in [0.25, 0.3) is 0 Å². The van der Waals surface area contributed by atoms with Gasteiger partial charge in [0.1, 0.15) is 0 Å². The number of rotatable bonds is 12. The molecule has 0 atom stereocenters. The molecule has 17 heteroatoms. The minimum Gasteiger partial charge on any atom is -0.244 e. The van der Waals surface area contributed by atoms with Crippen LogP contribution in [0.2, 0.25) is 0 Å². The maximum atomic E-state index is 13.5. The normalized spacial score (nSPS) is 11.8. The summed E-state index contributed by atoms with van der Waals surface area (Å²) in [5, 5.41) is 0. The van der Waals surface area contributed by atoms with Gasteiger partial charge in [0.25, 0.3) is 0 Å². The second-order valence-corrected chi connectivity index (χ2v) is 12.6. The van der Waals surface area contributed by atoms with Crippen LogP contribution in [0.1, 0.15) is 0 Å². The Bertz CT molecular complexity index is 699. The fourth-order valence-electron chi connectivity index (χ4n) is 1.18. The first kappa shape index (κ1) is 23.9. The summed E-state index contributed by atoms with van der Waals surface area (Å²) < 4.78 is 58.1. The second-order valence-electron chi connectivity index (χ2n) is 3.66. The summed E-state index contributed by atoms with van der Waals surface area (Å²) in [5.74, 6) is 0. The first-order valence-electron chi connectivity index (χ1n) is 6.03. The lowest BCUT2D eigenvalue weighted by Crippen LogP contribution is -1.76. The molecular weight excluding hydrogens is 416 g/mol. The zero-order valence-corrected chi connectivity index (χ0v) is 17.5. The zero-order valence-electron chi connectivity index (χ0n) is 13.9. The third kappa shape index (κ3) is 5.22. The van der Waals surface area contributed by atoms with Gasteiger partial charge in [-0.2, -0.15) is 0 Å². The van der Waals surface area contributed by atoms with Gasteiger partial charge in [0.15, 0.2) is 0 Å². The average Bonchev–Trinajstić information content (AvgIpc) is 2.69. The summed E-state index contributed by atoms with van der Waals surface area (Å²) in [5.41, 5.74) is 0. The lowest BCUT2D eigenvalue weighted by molar-refractivity contribution is 0.579. The Balaban J connectivity index is 7.57. The van der Waals surface area contributed by atoms with Gasteiger partial charge in [-0.25, -0.2) is 47.4 Å². The smallest absolute Gasteiger partial charge is 0.244 e. The van der Waals surface area contributed by atoms with Crippen LogP contribution in [-0.4, -0.2) is 60.5 Å². The third-order valence-electron chi connectivity index (χ3n) is 2.42. The Morgan fingerprint density at radius 1 is 0.385 bits per heavy atom. The molecule has 0 fully saturated rings. The molecule has 140 valence electrons. The van der Waals surface area contributed by atoms with Gasteiger partial charge in [0, 0.05) is 0 Å². The van der Waals surface area contributed by atoms with Gasteiger partial charge in [-0.1, -0.05) is 0 Å². The van der Waals surface area contributed by atoms with Gasteiger partial charge in [0.05, 0.1) is 0 Å². The van der Waals surface area contributed by atoms with Crippen molar-refractivity contribution in [2.45, 2.75) is 0 Å². The van der Waals surface area contributed by atoms with Gasteiger partial charge < -0.3 is 0 Å². The van der Waals surface area contributed by atoms with Gasteiger partial charge in [-0.3, -0.25) is 0 Å². The molecule has 0 aromatic heterocycles. The van der Waals surface area contributed by atoms with E-state index in [0.717, 1.165) is 0 Å². The highest BCUT2D eigenvalue weighted by atomic mass is 31.3. The van der Waals surface area contributed by atoms with E-state index in [1.165, 1.54) is 0 Å². The number of nitrogens with zero attached hydrogens (tertiary/aromatic N) is 12. The predicted molar refractivity (Wildman–Crippen MR) is 122 cm³/mol. The van der Waals surface area contributed by atoms with Gasteiger partial charge in [-0.05, 0) is 60.5 Å². The highest BCUT2D eigenvalue weighted by Gasteiger charge is 2.33. The summed E-state index contributed by atoms with van der Waals surface area (Å²) in [4.78, 5) is 0. The third-order valence-corrected chi connectivity index (χ3v) is 11.5. The Kier molecular flexibility index (Phi) is 8.84. The van der Waals surface area contributed by atoms with Crippen LogP contribution in [0.4, 0.5) is 0 Å². The number of hydrogen-bond donors (Lipinski definition) is 0. The van der Waals surface area contributed by atoms with Gasteiger partial charge >= 0.3 is 30.1 Å². The molecule has 0 N–H and O–H groups in total. The van der Waals surface area contributed by atoms with Crippen molar-refractivity contribution in [3.8, 4) is 0 Å². The van der Waals surface area contributed by atoms with Crippen LogP contribution in [-0.2, 0) is 4.57 Å². The van der Waals surface area contributed by atoms with Crippen molar-refractivity contribution >= 4 is 90.6 Å². The minimum absolute atomic E-state index is 3.31. The van der Waals surface area contributed by atoms with E-state index in [1.807, 2.05) is 0 Å². The SMILES string of the molecule is C=NP(N=C)(N=C)=NP(=O)(N=P(N=C)(N=C)N=C)N=P(N=C)(N=C)N=C. The zero-order chi connectivity index (χ0) is 20.5. The maximum Gasteiger partial charge on any atom is 0.425 e. The molecule has 13 nitrogen and oxygen atoms in total. The van der Waals surface area contributed by atoms with Crippen LogP contribution in [0, 0.1) is 0 Å². The Hall–Kier alpha value is -2.05. The molecule has 0 radical (unpaired) electrons. The Morgan fingerprint density at radius 2 is 0.538 bits per heavy atom. The molecule has 0 aliphatic heterocycles. The molecule has 0 spiro atoms. The van der Waals surface area contributed by atoms with E-state index in [1.54, 1.807) is 0 Å². The molecule has 0 rings (SSSR count). The summed E-state index contributed by atoms with van der Waals surface area (Å²) in [6.07, 6.45) is 0. The van der Waals surface area contributed by atoms with E-state index in [0.29, 0.717) is 0 Å². The molecule has 0 aromatic carbocycles. The van der Waals surface area contributed by atoms with Crippen molar-refractivity contribution in [2.75, 3.05) is 0 Å². The van der Waals surface area contributed by atoms with E-state index >= 15 is 0 Å². The summed E-state index contributed by atoms with van der Waals surface area (Å²) >= 11 is 0. The lowest BCUT2D eigenvalue weighted by Gasteiger charge is -2.15. The van der Waals surface area contributed by atoms with Crippen molar-refractivity contribution < 1.29 is 4.57 Å². The highest BCUT2D eigenvalue weighted by Crippen LogP contribution is 2.75. The van der Waals surface area contributed by atoms with E-state index in [4.69, 9.17) is 0 Å². The quantitative estimate of drug-likeness (QED) is 0.298. The standard InChI is InChI=1S/C9H18N12OP4/c1-10-23(11-2,12-3)19-26(22,20-24(13-4,14-5)15-6)21-25(16-7,17-8)18-9/h1-9H2. The molecule has 0 saturated heterocycles. The maximum absolute atomic E-state index is 13.5. The van der Waals surface area contributed by atoms with Crippen LogP contribution in [0.3, 0.4) is 0 Å². The Labute approximate surface area is 152 Å². The van der Waals surface area contributed by atoms with Gasteiger partial charge in [-0.15, -0.1) is 13.5 Å². The monoisotopic (exact) mass is 434 g/mol. The van der Waals surface area contributed by atoms with Crippen molar-refractivity contribution in [3.05, 3.63) is 0 Å². The van der Waals surface area contributed by atoms with Crippen molar-refractivity contribution in [3.63, 3.8) is 0 Å². The molecule has 0 aliphatic rings. The summed E-state index contributed by atoms with van der Waals surface area (Å²) in [6, 6.07) is 0. The summed E-state index contributed by atoms with van der Waals surface area (Å²) in [6.45, 7) is 29.8. The highest BCUT2D eigenvalue weighted by molar-refractivity contribution is 7.81. The average molecular weight is 434 g/mol. The molecule has 0 heterocycles. The second kappa shape index (κ2) is 9.59. The van der Waals surface area contributed by atoms with E-state index in [9.17, 15) is 4.57 Å². The van der Waals surface area contributed by atoms with E-state index < -0.39 is 30.1 Å². The summed E-state index contributed by atoms with van der Waals surface area (Å²) in [7, 11) is -14.7. The van der Waals surface area contributed by atoms with Crippen LogP contribution >= 0.6 is 30.1 Å². The molecule has 0 bridgehead atoms. The van der Waals surface area contributed by atoms with Crippen molar-refractivity contribution in [1.29, 1.82) is 0 Å². The van der Waals surface area contributed by atoms with E-state index in [-0.39, 0.29) is 0 Å². The topological polar surface area (TPSA) is 165 Å². The molecule has 0 aliphatic carbocycles. The largest absolute Gasteiger partial charge is 0.425 e. The molecule has 26 heavy (non-hydrogen) atoms. The van der Waals surface area contributed by atoms with Gasteiger partial charge in [0.2, 0.25) is 0 Å². The molecule has 0 saturated carbocycles. The Morgan fingerprint density at radius 3 is 0.654 bits per heavy atom. The predicted octanol–water partition coefficient (Wildman–Crippen LogP) is 5.24.